The number of imidazole rings is 1. The van der Waals surface area contributed by atoms with Crippen molar-refractivity contribution in [2.45, 2.75) is 32.7 Å². The zero-order valence-corrected chi connectivity index (χ0v) is 14.8. The lowest BCUT2D eigenvalue weighted by molar-refractivity contribution is 0.0950. The third-order valence-corrected chi connectivity index (χ3v) is 4.24. The molecule has 0 spiro atoms. The molecule has 0 aliphatic heterocycles. The molecule has 0 saturated heterocycles. The molecule has 0 atom stereocenters. The van der Waals surface area contributed by atoms with Crippen molar-refractivity contribution in [3.05, 3.63) is 70.6 Å². The summed E-state index contributed by atoms with van der Waals surface area (Å²) in [6.07, 6.45) is 1.83. The Morgan fingerprint density at radius 2 is 1.88 bits per heavy atom. The Kier molecular flexibility index (Phi) is 4.33. The van der Waals surface area contributed by atoms with Crippen LogP contribution in [-0.2, 0) is 12.0 Å². The molecule has 2 heterocycles. The molecule has 0 radical (unpaired) electrons. The van der Waals surface area contributed by atoms with Crippen LogP contribution in [0.15, 0.2) is 48.7 Å². The number of halogens is 1. The lowest BCUT2D eigenvalue weighted by Crippen LogP contribution is -2.23. The molecule has 0 bridgehead atoms. The number of benzene rings is 1. The molecule has 5 heteroatoms. The van der Waals surface area contributed by atoms with Crippen LogP contribution < -0.4 is 5.32 Å². The van der Waals surface area contributed by atoms with Crippen LogP contribution in [0.3, 0.4) is 0 Å². The standard InChI is InChI=1S/C19H20ClN3O/c1-19(2,3)14-9-7-13(8-10-14)18(24)21-11-15-12-23-16(20)5-4-6-17(23)22-15/h4-10,12H,11H2,1-3H3,(H,21,24). The molecule has 1 amide bonds. The Morgan fingerprint density at radius 3 is 2.50 bits per heavy atom. The SMILES string of the molecule is CC(C)(C)c1ccc(C(=O)NCc2cn3c(Cl)cccc3n2)cc1. The third-order valence-electron chi connectivity index (χ3n) is 3.94. The maximum Gasteiger partial charge on any atom is 0.251 e. The molecular formula is C19H20ClN3O. The van der Waals surface area contributed by atoms with E-state index in [0.29, 0.717) is 17.3 Å². The first-order valence-electron chi connectivity index (χ1n) is 7.86. The van der Waals surface area contributed by atoms with E-state index in [9.17, 15) is 4.79 Å². The van der Waals surface area contributed by atoms with E-state index in [0.717, 1.165) is 11.3 Å². The number of hydrogen-bond donors (Lipinski definition) is 1. The number of nitrogens with zero attached hydrogens (tertiary/aromatic N) is 2. The number of hydrogen-bond acceptors (Lipinski definition) is 2. The van der Waals surface area contributed by atoms with Crippen molar-refractivity contribution in [1.29, 1.82) is 0 Å². The van der Waals surface area contributed by atoms with Gasteiger partial charge in [0.2, 0.25) is 0 Å². The van der Waals surface area contributed by atoms with Crippen LogP contribution in [0.25, 0.3) is 5.65 Å². The molecule has 24 heavy (non-hydrogen) atoms. The van der Waals surface area contributed by atoms with Gasteiger partial charge >= 0.3 is 0 Å². The molecular weight excluding hydrogens is 322 g/mol. The average molecular weight is 342 g/mol. The van der Waals surface area contributed by atoms with Crippen molar-refractivity contribution < 1.29 is 4.79 Å². The Morgan fingerprint density at radius 1 is 1.17 bits per heavy atom. The van der Waals surface area contributed by atoms with Crippen molar-refractivity contribution in [3.63, 3.8) is 0 Å². The number of amides is 1. The summed E-state index contributed by atoms with van der Waals surface area (Å²) in [7, 11) is 0. The van der Waals surface area contributed by atoms with E-state index >= 15 is 0 Å². The summed E-state index contributed by atoms with van der Waals surface area (Å²) in [4.78, 5) is 16.7. The smallest absolute Gasteiger partial charge is 0.251 e. The first-order valence-corrected chi connectivity index (χ1v) is 8.23. The monoisotopic (exact) mass is 341 g/mol. The van der Waals surface area contributed by atoms with E-state index < -0.39 is 0 Å². The van der Waals surface area contributed by atoms with Gasteiger partial charge < -0.3 is 5.32 Å². The molecule has 2 aromatic heterocycles. The lowest BCUT2D eigenvalue weighted by atomic mass is 9.87. The van der Waals surface area contributed by atoms with Gasteiger partial charge in [-0.3, -0.25) is 9.20 Å². The van der Waals surface area contributed by atoms with Gasteiger partial charge in [-0.25, -0.2) is 4.98 Å². The summed E-state index contributed by atoms with van der Waals surface area (Å²) in [6.45, 7) is 6.81. The first-order chi connectivity index (χ1) is 11.3. The molecule has 0 aliphatic carbocycles. The Bertz CT molecular complexity index is 876. The number of rotatable bonds is 3. The predicted octanol–water partition coefficient (Wildman–Crippen LogP) is 4.22. The summed E-state index contributed by atoms with van der Waals surface area (Å²) in [6, 6.07) is 13.2. The summed E-state index contributed by atoms with van der Waals surface area (Å²) in [5.41, 5.74) is 3.45. The molecule has 3 rings (SSSR count). The van der Waals surface area contributed by atoms with E-state index in [1.807, 2.05) is 42.6 Å². The molecule has 0 saturated carbocycles. The number of carbonyl (C=O) groups excluding carboxylic acids is 1. The minimum Gasteiger partial charge on any atom is -0.346 e. The largest absolute Gasteiger partial charge is 0.346 e. The van der Waals surface area contributed by atoms with E-state index in [1.54, 1.807) is 10.5 Å². The number of carbonyl (C=O) groups is 1. The van der Waals surface area contributed by atoms with Crippen LogP contribution in [0.4, 0.5) is 0 Å². The number of fused-ring (bicyclic) bond motifs is 1. The highest BCUT2D eigenvalue weighted by molar-refractivity contribution is 6.29. The summed E-state index contributed by atoms with van der Waals surface area (Å²) >= 11 is 6.12. The fourth-order valence-corrected chi connectivity index (χ4v) is 2.72. The van der Waals surface area contributed by atoms with Gasteiger partial charge in [0.15, 0.2) is 0 Å². The van der Waals surface area contributed by atoms with Crippen molar-refractivity contribution in [1.82, 2.24) is 14.7 Å². The minimum absolute atomic E-state index is 0.0742. The molecule has 0 unspecified atom stereocenters. The predicted molar refractivity (Wildman–Crippen MR) is 96.5 cm³/mol. The van der Waals surface area contributed by atoms with Gasteiger partial charge in [0.05, 0.1) is 12.2 Å². The van der Waals surface area contributed by atoms with Gasteiger partial charge in [-0.2, -0.15) is 0 Å². The highest BCUT2D eigenvalue weighted by Gasteiger charge is 2.14. The Labute approximate surface area is 146 Å². The second-order valence-electron chi connectivity index (χ2n) is 6.82. The lowest BCUT2D eigenvalue weighted by Gasteiger charge is -2.19. The second kappa shape index (κ2) is 6.29. The molecule has 0 aliphatic rings. The molecule has 0 fully saturated rings. The highest BCUT2D eigenvalue weighted by atomic mass is 35.5. The highest BCUT2D eigenvalue weighted by Crippen LogP contribution is 2.22. The van der Waals surface area contributed by atoms with Gasteiger partial charge in [-0.15, -0.1) is 0 Å². The van der Waals surface area contributed by atoms with Crippen molar-refractivity contribution in [2.24, 2.45) is 0 Å². The molecule has 1 aromatic carbocycles. The Hall–Kier alpha value is -2.33. The summed E-state index contributed by atoms with van der Waals surface area (Å²) in [5.74, 6) is -0.112. The van der Waals surface area contributed by atoms with Crippen molar-refractivity contribution in [3.8, 4) is 0 Å². The van der Waals surface area contributed by atoms with Crippen LogP contribution in [-0.4, -0.2) is 15.3 Å². The summed E-state index contributed by atoms with van der Waals surface area (Å²) in [5, 5.41) is 3.49. The normalized spacial score (nSPS) is 11.7. The fraction of sp³-hybridized carbons (Fsp3) is 0.263. The van der Waals surface area contributed by atoms with Gasteiger partial charge in [0.1, 0.15) is 10.8 Å². The van der Waals surface area contributed by atoms with E-state index in [2.05, 4.69) is 31.1 Å². The van der Waals surface area contributed by atoms with E-state index in [4.69, 9.17) is 11.6 Å². The topological polar surface area (TPSA) is 46.4 Å². The number of nitrogens with one attached hydrogen (secondary N) is 1. The number of aromatic nitrogens is 2. The summed E-state index contributed by atoms with van der Waals surface area (Å²) < 4.78 is 1.79. The van der Waals surface area contributed by atoms with Crippen molar-refractivity contribution >= 4 is 23.2 Å². The van der Waals surface area contributed by atoms with Gasteiger partial charge in [0.25, 0.3) is 5.91 Å². The maximum atomic E-state index is 12.3. The van der Waals surface area contributed by atoms with E-state index in [-0.39, 0.29) is 11.3 Å². The fourth-order valence-electron chi connectivity index (χ4n) is 2.51. The number of pyridine rings is 1. The van der Waals surface area contributed by atoms with Crippen molar-refractivity contribution in [2.75, 3.05) is 0 Å². The van der Waals surface area contributed by atoms with Crippen LogP contribution in [0.2, 0.25) is 5.15 Å². The van der Waals surface area contributed by atoms with Crippen LogP contribution >= 0.6 is 11.6 Å². The Balaban J connectivity index is 1.69. The first kappa shape index (κ1) is 16.5. The maximum absolute atomic E-state index is 12.3. The molecule has 1 N–H and O–H groups in total. The van der Waals surface area contributed by atoms with E-state index in [1.165, 1.54) is 5.56 Å². The molecule has 124 valence electrons. The second-order valence-corrected chi connectivity index (χ2v) is 7.21. The zero-order valence-electron chi connectivity index (χ0n) is 14.0. The average Bonchev–Trinajstić information content (AvgIpc) is 2.96. The minimum atomic E-state index is -0.112. The molecule has 4 nitrogen and oxygen atoms in total. The van der Waals surface area contributed by atoms with Gasteiger partial charge in [-0.05, 0) is 35.2 Å². The van der Waals surface area contributed by atoms with Gasteiger partial charge in [-0.1, -0.05) is 50.6 Å². The molecule has 3 aromatic rings. The zero-order chi connectivity index (χ0) is 17.3. The van der Waals surface area contributed by atoms with Crippen LogP contribution in [0, 0.1) is 0 Å². The third kappa shape index (κ3) is 3.44. The quantitative estimate of drug-likeness (QED) is 0.725. The van der Waals surface area contributed by atoms with Crippen LogP contribution in [0.5, 0.6) is 0 Å². The van der Waals surface area contributed by atoms with Gasteiger partial charge in [0, 0.05) is 11.8 Å². The van der Waals surface area contributed by atoms with Crippen LogP contribution in [0.1, 0.15) is 42.4 Å².